The minimum absolute atomic E-state index is 0.465. The number of aromatic nitrogens is 1. The van der Waals surface area contributed by atoms with Crippen molar-refractivity contribution in [2.24, 2.45) is 0 Å². The molecule has 21 heavy (non-hydrogen) atoms. The molecule has 2 rings (SSSR count). The first-order valence-corrected chi connectivity index (χ1v) is 7.57. The van der Waals surface area contributed by atoms with E-state index in [1.807, 2.05) is 13.0 Å². The number of pyridine rings is 1. The van der Waals surface area contributed by atoms with E-state index in [1.54, 1.807) is 18.2 Å². The Hall–Kier alpha value is -1.29. The summed E-state index contributed by atoms with van der Waals surface area (Å²) in [7, 11) is 0. The summed E-state index contributed by atoms with van der Waals surface area (Å²) in [6.45, 7) is 7.68. The lowest BCUT2D eigenvalue weighted by Crippen LogP contribution is -2.14. The zero-order valence-electron chi connectivity index (χ0n) is 12.3. The molecule has 0 fully saturated rings. The molecule has 1 N–H and O–H groups in total. The van der Waals surface area contributed by atoms with Crippen molar-refractivity contribution in [2.75, 3.05) is 6.54 Å². The molecule has 0 aliphatic heterocycles. The molecule has 2 aromatic rings. The molecule has 5 heteroatoms. The van der Waals surface area contributed by atoms with Crippen molar-refractivity contribution >= 4 is 23.2 Å². The van der Waals surface area contributed by atoms with E-state index >= 15 is 0 Å². The van der Waals surface area contributed by atoms with Gasteiger partial charge in [0.05, 0.1) is 10.0 Å². The Balaban J connectivity index is 2.35. The zero-order chi connectivity index (χ0) is 15.4. The van der Waals surface area contributed by atoms with Gasteiger partial charge in [0.25, 0.3) is 0 Å². The molecule has 0 unspecified atom stereocenters. The van der Waals surface area contributed by atoms with Gasteiger partial charge in [-0.25, -0.2) is 4.98 Å². The third-order valence-corrected chi connectivity index (χ3v) is 3.83. The number of nitrogens with one attached hydrogen (secondary N) is 1. The first-order chi connectivity index (χ1) is 10.0. The summed E-state index contributed by atoms with van der Waals surface area (Å²) in [4.78, 5) is 4.50. The highest BCUT2D eigenvalue weighted by atomic mass is 35.5. The highest BCUT2D eigenvalue weighted by molar-refractivity contribution is 6.42. The molecular formula is C16H18Cl2N2O. The Morgan fingerprint density at radius 1 is 1.14 bits per heavy atom. The molecule has 1 heterocycles. The van der Waals surface area contributed by atoms with Gasteiger partial charge in [0, 0.05) is 23.9 Å². The average molecular weight is 325 g/mol. The van der Waals surface area contributed by atoms with Crippen molar-refractivity contribution in [3.05, 3.63) is 51.1 Å². The molecule has 0 amide bonds. The van der Waals surface area contributed by atoms with Gasteiger partial charge in [0.2, 0.25) is 5.88 Å². The lowest BCUT2D eigenvalue weighted by atomic mass is 10.1. The number of rotatable bonds is 5. The van der Waals surface area contributed by atoms with Crippen molar-refractivity contribution in [1.82, 2.24) is 10.3 Å². The largest absolute Gasteiger partial charge is 0.439 e. The van der Waals surface area contributed by atoms with Crippen LogP contribution in [0.2, 0.25) is 10.0 Å². The SMILES string of the molecule is CCNCc1c(C)cc(C)nc1Oc1ccc(Cl)c(Cl)c1. The normalized spacial score (nSPS) is 10.7. The van der Waals surface area contributed by atoms with E-state index in [4.69, 9.17) is 27.9 Å². The van der Waals surface area contributed by atoms with Gasteiger partial charge in [-0.3, -0.25) is 0 Å². The second-order valence-electron chi connectivity index (χ2n) is 4.82. The van der Waals surface area contributed by atoms with Crippen LogP contribution in [0.25, 0.3) is 0 Å². The summed E-state index contributed by atoms with van der Waals surface area (Å²) in [5, 5.41) is 4.27. The molecule has 1 aromatic heterocycles. The van der Waals surface area contributed by atoms with Crippen LogP contribution in [0.5, 0.6) is 11.6 Å². The second kappa shape index (κ2) is 7.12. The van der Waals surface area contributed by atoms with Gasteiger partial charge in [0.15, 0.2) is 0 Å². The molecule has 112 valence electrons. The Bertz CT molecular complexity index is 644. The predicted octanol–water partition coefficient (Wildman–Crippen LogP) is 4.91. The van der Waals surface area contributed by atoms with Gasteiger partial charge in [-0.1, -0.05) is 30.1 Å². The van der Waals surface area contributed by atoms with Gasteiger partial charge in [-0.05, 0) is 44.2 Å². The van der Waals surface area contributed by atoms with Gasteiger partial charge in [-0.2, -0.15) is 0 Å². The second-order valence-corrected chi connectivity index (χ2v) is 5.64. The van der Waals surface area contributed by atoms with Crippen LogP contribution in [0.15, 0.2) is 24.3 Å². The average Bonchev–Trinajstić information content (AvgIpc) is 2.42. The van der Waals surface area contributed by atoms with Gasteiger partial charge in [0.1, 0.15) is 5.75 Å². The van der Waals surface area contributed by atoms with E-state index in [-0.39, 0.29) is 0 Å². The topological polar surface area (TPSA) is 34.2 Å². The summed E-state index contributed by atoms with van der Waals surface area (Å²) in [6.07, 6.45) is 0. The third kappa shape index (κ3) is 4.10. The van der Waals surface area contributed by atoms with E-state index in [0.29, 0.717) is 28.2 Å². The van der Waals surface area contributed by atoms with Crippen LogP contribution in [0, 0.1) is 13.8 Å². The maximum atomic E-state index is 6.02. The summed E-state index contributed by atoms with van der Waals surface area (Å²) in [5.74, 6) is 1.23. The number of aryl methyl sites for hydroxylation is 2. The number of hydrogen-bond donors (Lipinski definition) is 1. The van der Waals surface area contributed by atoms with Crippen molar-refractivity contribution < 1.29 is 4.74 Å². The van der Waals surface area contributed by atoms with E-state index in [2.05, 4.69) is 24.1 Å². The van der Waals surface area contributed by atoms with Crippen LogP contribution in [0.1, 0.15) is 23.7 Å². The van der Waals surface area contributed by atoms with Crippen LogP contribution >= 0.6 is 23.2 Å². The molecule has 0 aliphatic carbocycles. The third-order valence-electron chi connectivity index (χ3n) is 3.09. The molecule has 0 aliphatic rings. The van der Waals surface area contributed by atoms with Crippen LogP contribution in [0.3, 0.4) is 0 Å². The molecule has 0 saturated heterocycles. The quantitative estimate of drug-likeness (QED) is 0.848. The van der Waals surface area contributed by atoms with Gasteiger partial charge < -0.3 is 10.1 Å². The van der Waals surface area contributed by atoms with Crippen LogP contribution in [0.4, 0.5) is 0 Å². The molecule has 3 nitrogen and oxygen atoms in total. The fraction of sp³-hybridized carbons (Fsp3) is 0.312. The summed E-state index contributed by atoms with van der Waals surface area (Å²) < 4.78 is 5.91. The summed E-state index contributed by atoms with van der Waals surface area (Å²) in [6, 6.07) is 7.24. The molecule has 0 bridgehead atoms. The van der Waals surface area contributed by atoms with E-state index in [0.717, 1.165) is 23.4 Å². The zero-order valence-corrected chi connectivity index (χ0v) is 13.8. The predicted molar refractivity (Wildman–Crippen MR) is 87.6 cm³/mol. The van der Waals surface area contributed by atoms with Crippen molar-refractivity contribution in [1.29, 1.82) is 0 Å². The number of nitrogens with zero attached hydrogens (tertiary/aromatic N) is 1. The van der Waals surface area contributed by atoms with E-state index < -0.39 is 0 Å². The summed E-state index contributed by atoms with van der Waals surface area (Å²) in [5.41, 5.74) is 3.12. The Kier molecular flexibility index (Phi) is 5.45. The Morgan fingerprint density at radius 3 is 2.57 bits per heavy atom. The van der Waals surface area contributed by atoms with Crippen molar-refractivity contribution in [3.8, 4) is 11.6 Å². The molecule has 0 radical (unpaired) electrons. The minimum Gasteiger partial charge on any atom is -0.439 e. The minimum atomic E-state index is 0.465. The smallest absolute Gasteiger partial charge is 0.224 e. The first-order valence-electron chi connectivity index (χ1n) is 6.82. The van der Waals surface area contributed by atoms with Crippen molar-refractivity contribution in [3.63, 3.8) is 0 Å². The maximum Gasteiger partial charge on any atom is 0.224 e. The highest BCUT2D eigenvalue weighted by Gasteiger charge is 2.11. The van der Waals surface area contributed by atoms with E-state index in [1.165, 1.54) is 0 Å². The number of hydrogen-bond acceptors (Lipinski definition) is 3. The van der Waals surface area contributed by atoms with Crippen LogP contribution < -0.4 is 10.1 Å². The standard InChI is InChI=1S/C16H18Cl2N2O/c1-4-19-9-13-10(2)7-11(3)20-16(13)21-12-5-6-14(17)15(18)8-12/h5-8,19H,4,9H2,1-3H3. The number of ether oxygens (including phenoxy) is 1. The lowest BCUT2D eigenvalue weighted by Gasteiger charge is -2.14. The fourth-order valence-electron chi connectivity index (χ4n) is 2.03. The summed E-state index contributed by atoms with van der Waals surface area (Å²) >= 11 is 11.9. The molecular weight excluding hydrogens is 307 g/mol. The first kappa shape index (κ1) is 16.1. The van der Waals surface area contributed by atoms with Crippen molar-refractivity contribution in [2.45, 2.75) is 27.3 Å². The molecule has 1 aromatic carbocycles. The number of halogens is 2. The molecule has 0 saturated carbocycles. The Morgan fingerprint density at radius 2 is 1.90 bits per heavy atom. The lowest BCUT2D eigenvalue weighted by molar-refractivity contribution is 0.451. The Labute approximate surface area is 135 Å². The van der Waals surface area contributed by atoms with Crippen LogP contribution in [-0.4, -0.2) is 11.5 Å². The number of benzene rings is 1. The van der Waals surface area contributed by atoms with E-state index in [9.17, 15) is 0 Å². The monoisotopic (exact) mass is 324 g/mol. The highest BCUT2D eigenvalue weighted by Crippen LogP contribution is 2.31. The van der Waals surface area contributed by atoms with Crippen LogP contribution in [-0.2, 0) is 6.54 Å². The van der Waals surface area contributed by atoms with Gasteiger partial charge >= 0.3 is 0 Å². The maximum absolute atomic E-state index is 6.02. The van der Waals surface area contributed by atoms with Gasteiger partial charge in [-0.15, -0.1) is 0 Å². The fourth-order valence-corrected chi connectivity index (χ4v) is 2.32. The molecule has 0 spiro atoms. The molecule has 0 atom stereocenters.